The first-order valence-corrected chi connectivity index (χ1v) is 5.73. The molecule has 0 aromatic carbocycles. The van der Waals surface area contributed by atoms with Gasteiger partial charge in [0.1, 0.15) is 11.6 Å². The Hall–Kier alpha value is -2.16. The van der Waals surface area contributed by atoms with E-state index in [2.05, 4.69) is 10.3 Å². The predicted octanol–water partition coefficient (Wildman–Crippen LogP) is 2.85. The summed E-state index contributed by atoms with van der Waals surface area (Å²) in [7, 11) is 0. The fourth-order valence-electron chi connectivity index (χ4n) is 1.83. The highest BCUT2D eigenvalue weighted by molar-refractivity contribution is 5.64. The lowest BCUT2D eigenvalue weighted by molar-refractivity contribution is -0.384. The molecule has 0 amide bonds. The summed E-state index contributed by atoms with van der Waals surface area (Å²) in [5.74, 6) is 0.150. The van der Waals surface area contributed by atoms with Gasteiger partial charge in [-0.1, -0.05) is 13.3 Å². The zero-order valence-corrected chi connectivity index (χ0v) is 10.7. The maximum absolute atomic E-state index is 11.0. The van der Waals surface area contributed by atoms with Crippen molar-refractivity contribution in [1.82, 2.24) is 4.98 Å². The van der Waals surface area contributed by atoms with E-state index >= 15 is 0 Å². The average Bonchev–Trinajstić information content (AvgIpc) is 2.27. The minimum Gasteiger partial charge on any atom is -0.359 e. The van der Waals surface area contributed by atoms with Gasteiger partial charge in [-0.05, 0) is 26.3 Å². The summed E-state index contributed by atoms with van der Waals surface area (Å²) in [6.07, 6.45) is 3.20. The SMILES string of the molecule is CCCC(C)(C)Nc1nccc(C#N)c1[N+](=O)[O-]. The third kappa shape index (κ3) is 3.17. The van der Waals surface area contributed by atoms with Gasteiger partial charge in [-0.25, -0.2) is 4.98 Å². The van der Waals surface area contributed by atoms with Crippen molar-refractivity contribution in [2.24, 2.45) is 0 Å². The van der Waals surface area contributed by atoms with E-state index in [1.807, 2.05) is 26.8 Å². The van der Waals surface area contributed by atoms with Crippen molar-refractivity contribution in [3.8, 4) is 6.07 Å². The molecule has 18 heavy (non-hydrogen) atoms. The first-order valence-electron chi connectivity index (χ1n) is 5.73. The summed E-state index contributed by atoms with van der Waals surface area (Å²) in [6.45, 7) is 5.93. The minimum absolute atomic E-state index is 0.0183. The van der Waals surface area contributed by atoms with Crippen LogP contribution in [-0.4, -0.2) is 15.4 Å². The van der Waals surface area contributed by atoms with Crippen LogP contribution in [0.4, 0.5) is 11.5 Å². The molecule has 0 saturated carbocycles. The summed E-state index contributed by atoms with van der Waals surface area (Å²) in [4.78, 5) is 14.4. The van der Waals surface area contributed by atoms with Crippen molar-refractivity contribution in [2.45, 2.75) is 39.2 Å². The number of hydrogen-bond acceptors (Lipinski definition) is 5. The Morgan fingerprint density at radius 1 is 1.61 bits per heavy atom. The molecule has 0 aliphatic carbocycles. The van der Waals surface area contributed by atoms with Crippen LogP contribution in [-0.2, 0) is 0 Å². The fraction of sp³-hybridized carbons (Fsp3) is 0.500. The second kappa shape index (κ2) is 5.45. The van der Waals surface area contributed by atoms with Crippen molar-refractivity contribution >= 4 is 11.5 Å². The Balaban J connectivity index is 3.18. The molecule has 96 valence electrons. The molecule has 0 aliphatic heterocycles. The third-order valence-corrected chi connectivity index (χ3v) is 2.56. The molecule has 1 aromatic heterocycles. The van der Waals surface area contributed by atoms with Crippen LogP contribution in [0.3, 0.4) is 0 Å². The molecule has 0 atom stereocenters. The van der Waals surface area contributed by atoms with Gasteiger partial charge >= 0.3 is 5.69 Å². The number of rotatable bonds is 5. The highest BCUT2D eigenvalue weighted by Crippen LogP contribution is 2.29. The molecule has 0 unspecified atom stereocenters. The van der Waals surface area contributed by atoms with Gasteiger partial charge in [-0.2, -0.15) is 5.26 Å². The molecule has 0 fully saturated rings. The molecule has 0 saturated heterocycles. The summed E-state index contributed by atoms with van der Waals surface area (Å²) < 4.78 is 0. The predicted molar refractivity (Wildman–Crippen MR) is 68.2 cm³/mol. The highest BCUT2D eigenvalue weighted by Gasteiger charge is 2.26. The molecule has 0 spiro atoms. The number of anilines is 1. The largest absolute Gasteiger partial charge is 0.359 e. The van der Waals surface area contributed by atoms with E-state index in [4.69, 9.17) is 5.26 Å². The number of hydrogen-bond donors (Lipinski definition) is 1. The molecule has 0 radical (unpaired) electrons. The van der Waals surface area contributed by atoms with Crippen LogP contribution in [0.15, 0.2) is 12.3 Å². The maximum atomic E-state index is 11.0. The second-order valence-electron chi connectivity index (χ2n) is 4.68. The van der Waals surface area contributed by atoms with Crippen LogP contribution in [0.5, 0.6) is 0 Å². The quantitative estimate of drug-likeness (QED) is 0.639. The monoisotopic (exact) mass is 248 g/mol. The van der Waals surface area contributed by atoms with Gasteiger partial charge in [0.05, 0.1) is 4.92 Å². The van der Waals surface area contributed by atoms with E-state index in [9.17, 15) is 10.1 Å². The van der Waals surface area contributed by atoms with Crippen molar-refractivity contribution in [2.75, 3.05) is 5.32 Å². The zero-order valence-electron chi connectivity index (χ0n) is 10.7. The van der Waals surface area contributed by atoms with Crippen LogP contribution >= 0.6 is 0 Å². The first kappa shape index (κ1) is 13.9. The molecule has 6 nitrogen and oxygen atoms in total. The van der Waals surface area contributed by atoms with Gasteiger partial charge in [-0.15, -0.1) is 0 Å². The summed E-state index contributed by atoms with van der Waals surface area (Å²) in [5, 5.41) is 22.9. The van der Waals surface area contributed by atoms with E-state index in [1.165, 1.54) is 12.3 Å². The molecule has 0 aliphatic rings. The molecule has 1 rings (SSSR count). The second-order valence-corrected chi connectivity index (χ2v) is 4.68. The fourth-order valence-corrected chi connectivity index (χ4v) is 1.83. The Morgan fingerprint density at radius 3 is 2.78 bits per heavy atom. The molecule has 1 aromatic rings. The zero-order chi connectivity index (χ0) is 13.8. The molecule has 1 heterocycles. The van der Waals surface area contributed by atoms with Crippen molar-refractivity contribution in [3.63, 3.8) is 0 Å². The first-order chi connectivity index (χ1) is 8.41. The standard InChI is InChI=1S/C12H16N4O2/c1-4-6-12(2,3)15-11-10(16(17)18)9(8-13)5-7-14-11/h5,7H,4,6H2,1-3H3,(H,14,15). The van der Waals surface area contributed by atoms with E-state index in [-0.39, 0.29) is 22.6 Å². The van der Waals surface area contributed by atoms with Crippen LogP contribution in [0.25, 0.3) is 0 Å². The Labute approximate surface area is 106 Å². The average molecular weight is 248 g/mol. The van der Waals surface area contributed by atoms with E-state index in [0.717, 1.165) is 12.8 Å². The van der Waals surface area contributed by atoms with Crippen LogP contribution in [0.2, 0.25) is 0 Å². The van der Waals surface area contributed by atoms with Gasteiger partial charge in [-0.3, -0.25) is 10.1 Å². The highest BCUT2D eigenvalue weighted by atomic mass is 16.6. The lowest BCUT2D eigenvalue weighted by Gasteiger charge is -2.26. The van der Waals surface area contributed by atoms with Gasteiger partial charge in [0.2, 0.25) is 5.82 Å². The molecular weight excluding hydrogens is 232 g/mol. The lowest BCUT2D eigenvalue weighted by atomic mass is 9.99. The lowest BCUT2D eigenvalue weighted by Crippen LogP contribution is -2.31. The van der Waals surface area contributed by atoms with E-state index in [0.29, 0.717) is 0 Å². The smallest absolute Gasteiger partial charge is 0.328 e. The van der Waals surface area contributed by atoms with Crippen LogP contribution < -0.4 is 5.32 Å². The van der Waals surface area contributed by atoms with Gasteiger partial charge < -0.3 is 5.32 Å². The minimum atomic E-state index is -0.573. The van der Waals surface area contributed by atoms with Crippen molar-refractivity contribution in [3.05, 3.63) is 27.9 Å². The van der Waals surface area contributed by atoms with Crippen LogP contribution in [0, 0.1) is 21.4 Å². The summed E-state index contributed by atoms with van der Waals surface area (Å²) in [5.41, 5.74) is -0.547. The number of aromatic nitrogens is 1. The molecular formula is C12H16N4O2. The van der Waals surface area contributed by atoms with Gasteiger partial charge in [0, 0.05) is 11.7 Å². The van der Waals surface area contributed by atoms with Crippen molar-refractivity contribution in [1.29, 1.82) is 5.26 Å². The molecule has 6 heteroatoms. The van der Waals surface area contributed by atoms with E-state index < -0.39 is 4.92 Å². The number of nitro groups is 1. The van der Waals surface area contributed by atoms with Gasteiger partial charge in [0.25, 0.3) is 0 Å². The van der Waals surface area contributed by atoms with Crippen molar-refractivity contribution < 1.29 is 4.92 Å². The summed E-state index contributed by atoms with van der Waals surface area (Å²) >= 11 is 0. The molecule has 1 N–H and O–H groups in total. The Morgan fingerprint density at radius 2 is 2.28 bits per heavy atom. The van der Waals surface area contributed by atoms with Crippen LogP contribution in [0.1, 0.15) is 39.2 Å². The topological polar surface area (TPSA) is 91.8 Å². The maximum Gasteiger partial charge on any atom is 0.328 e. The van der Waals surface area contributed by atoms with E-state index in [1.54, 1.807) is 0 Å². The number of pyridine rings is 1. The Kier molecular flexibility index (Phi) is 4.21. The number of nitrogens with one attached hydrogen (secondary N) is 1. The number of nitrogens with zero attached hydrogens (tertiary/aromatic N) is 3. The molecule has 0 bridgehead atoms. The number of nitriles is 1. The normalized spacial score (nSPS) is 10.8. The Bertz CT molecular complexity index is 491. The summed E-state index contributed by atoms with van der Waals surface area (Å²) in [6, 6.07) is 3.16. The third-order valence-electron chi connectivity index (χ3n) is 2.56. The van der Waals surface area contributed by atoms with Gasteiger partial charge in [0.15, 0.2) is 0 Å².